The summed E-state index contributed by atoms with van der Waals surface area (Å²) in [4.78, 5) is 9.88. The van der Waals surface area contributed by atoms with Crippen molar-refractivity contribution in [3.63, 3.8) is 0 Å². The molecule has 0 amide bonds. The molecular weight excluding hydrogens is 291 g/mol. The van der Waals surface area contributed by atoms with Crippen LogP contribution in [0.25, 0.3) is 0 Å². The van der Waals surface area contributed by atoms with Crippen LogP contribution in [0.4, 0.5) is 13.2 Å². The molecule has 0 saturated heterocycles. The first-order valence-electron chi connectivity index (χ1n) is 4.80. The fraction of sp³-hybridized carbons (Fsp3) is 0.500. The van der Waals surface area contributed by atoms with Crippen LogP contribution in [0.15, 0.2) is 17.3 Å². The Balaban J connectivity index is 2.94. The number of carbonyl (C=O) groups is 1. The quantitative estimate of drug-likeness (QED) is 0.835. The lowest BCUT2D eigenvalue weighted by atomic mass is 10.6. The zero-order valence-electron chi connectivity index (χ0n) is 9.62. The topological polar surface area (TPSA) is 92.5 Å². The number of aliphatic carboxylic acids is 1. The second-order valence-electron chi connectivity index (χ2n) is 3.64. The molecule has 7 nitrogen and oxygen atoms in total. The number of nitrogens with zero attached hydrogens (tertiary/aromatic N) is 3. The molecule has 0 bridgehead atoms. The Labute approximate surface area is 106 Å². The summed E-state index contributed by atoms with van der Waals surface area (Å²) in [5.74, 6) is -1.25. The van der Waals surface area contributed by atoms with E-state index in [0.29, 0.717) is 0 Å². The van der Waals surface area contributed by atoms with Gasteiger partial charge in [-0.3, -0.25) is 9.48 Å². The van der Waals surface area contributed by atoms with Crippen molar-refractivity contribution in [2.24, 2.45) is 0 Å². The summed E-state index contributed by atoms with van der Waals surface area (Å²) >= 11 is 0. The summed E-state index contributed by atoms with van der Waals surface area (Å²) in [5.41, 5.74) is 0. The van der Waals surface area contributed by atoms with E-state index in [1.165, 1.54) is 0 Å². The minimum atomic E-state index is -4.67. The van der Waals surface area contributed by atoms with E-state index in [-0.39, 0.29) is 4.31 Å². The van der Waals surface area contributed by atoms with Crippen LogP contribution in [0.5, 0.6) is 0 Å². The van der Waals surface area contributed by atoms with E-state index in [4.69, 9.17) is 5.11 Å². The largest absolute Gasteiger partial charge is 0.480 e. The molecule has 1 N–H and O–H groups in total. The average molecular weight is 301 g/mol. The van der Waals surface area contributed by atoms with E-state index in [9.17, 15) is 26.4 Å². The van der Waals surface area contributed by atoms with Gasteiger partial charge in [0.25, 0.3) is 0 Å². The number of sulfonamides is 1. The maximum absolute atomic E-state index is 12.1. The van der Waals surface area contributed by atoms with Gasteiger partial charge in [0.15, 0.2) is 0 Å². The molecule has 1 heterocycles. The molecule has 0 aliphatic heterocycles. The Kier molecular flexibility index (Phi) is 4.20. The number of hydrogen-bond donors (Lipinski definition) is 1. The molecule has 0 aliphatic carbocycles. The number of halogens is 3. The van der Waals surface area contributed by atoms with E-state index in [1.54, 1.807) is 0 Å². The van der Waals surface area contributed by atoms with Crippen molar-refractivity contribution >= 4 is 16.0 Å². The molecule has 1 aromatic rings. The number of hydrogen-bond acceptors (Lipinski definition) is 4. The fourth-order valence-corrected chi connectivity index (χ4v) is 2.33. The van der Waals surface area contributed by atoms with Crippen molar-refractivity contribution in [1.29, 1.82) is 0 Å². The Morgan fingerprint density at radius 1 is 1.53 bits per heavy atom. The minimum Gasteiger partial charge on any atom is -0.480 e. The van der Waals surface area contributed by atoms with Crippen LogP contribution in [0.3, 0.4) is 0 Å². The van der Waals surface area contributed by atoms with E-state index in [2.05, 4.69) is 5.10 Å². The Morgan fingerprint density at radius 2 is 2.11 bits per heavy atom. The van der Waals surface area contributed by atoms with Crippen LogP contribution in [-0.4, -0.2) is 53.3 Å². The van der Waals surface area contributed by atoms with Gasteiger partial charge in [-0.15, -0.1) is 0 Å². The van der Waals surface area contributed by atoms with Gasteiger partial charge in [0.1, 0.15) is 18.0 Å². The molecule has 0 atom stereocenters. The highest BCUT2D eigenvalue weighted by molar-refractivity contribution is 7.89. The molecule has 0 unspecified atom stereocenters. The first kappa shape index (κ1) is 15.4. The van der Waals surface area contributed by atoms with Gasteiger partial charge in [0.2, 0.25) is 10.0 Å². The SMILES string of the molecule is CN(CC(F)(F)F)S(=O)(=O)c1cnn(CC(=O)O)c1. The molecule has 0 aromatic carbocycles. The number of carboxylic acid groups (broad SMARTS) is 1. The van der Waals surface area contributed by atoms with Gasteiger partial charge in [-0.05, 0) is 0 Å². The average Bonchev–Trinajstić information content (AvgIpc) is 2.62. The van der Waals surface area contributed by atoms with Gasteiger partial charge in [-0.1, -0.05) is 0 Å². The normalized spacial score (nSPS) is 12.9. The summed E-state index contributed by atoms with van der Waals surface area (Å²) in [5, 5.41) is 11.9. The van der Waals surface area contributed by atoms with Crippen LogP contribution < -0.4 is 0 Å². The second kappa shape index (κ2) is 5.17. The summed E-state index contributed by atoms with van der Waals surface area (Å²) in [6.45, 7) is -2.22. The maximum atomic E-state index is 12.1. The Bertz CT molecular complexity index is 566. The van der Waals surface area contributed by atoms with Gasteiger partial charge in [-0.25, -0.2) is 8.42 Å². The molecule has 19 heavy (non-hydrogen) atoms. The molecule has 1 rings (SSSR count). The third-order valence-corrected chi connectivity index (χ3v) is 3.77. The predicted molar refractivity (Wildman–Crippen MR) is 55.7 cm³/mol. The van der Waals surface area contributed by atoms with E-state index >= 15 is 0 Å². The number of alkyl halides is 3. The molecule has 0 spiro atoms. The van der Waals surface area contributed by atoms with Crippen LogP contribution in [0.1, 0.15) is 0 Å². The lowest BCUT2D eigenvalue weighted by molar-refractivity contribution is -0.138. The monoisotopic (exact) mass is 301 g/mol. The van der Waals surface area contributed by atoms with Gasteiger partial charge in [0.05, 0.1) is 6.20 Å². The Hall–Kier alpha value is -1.62. The zero-order chi connectivity index (χ0) is 14.8. The summed E-state index contributed by atoms with van der Waals surface area (Å²) in [6.07, 6.45) is -3.01. The predicted octanol–water partition coefficient (Wildman–Crippen LogP) is 0.151. The van der Waals surface area contributed by atoms with Gasteiger partial charge >= 0.3 is 12.1 Å². The number of carboxylic acids is 1. The highest BCUT2D eigenvalue weighted by atomic mass is 32.2. The van der Waals surface area contributed by atoms with Crippen molar-refractivity contribution in [1.82, 2.24) is 14.1 Å². The molecule has 0 fully saturated rings. The minimum absolute atomic E-state index is 0.120. The second-order valence-corrected chi connectivity index (χ2v) is 5.69. The summed E-state index contributed by atoms with van der Waals surface area (Å²) in [7, 11) is -3.57. The third kappa shape index (κ3) is 4.21. The van der Waals surface area contributed by atoms with Crippen LogP contribution in [0.2, 0.25) is 0 Å². The van der Waals surface area contributed by atoms with Crippen molar-refractivity contribution in [2.75, 3.05) is 13.6 Å². The fourth-order valence-electron chi connectivity index (χ4n) is 1.22. The molecule has 11 heteroatoms. The van der Waals surface area contributed by atoms with E-state index in [1.807, 2.05) is 0 Å². The number of rotatable bonds is 5. The molecule has 1 aromatic heterocycles. The van der Waals surface area contributed by atoms with Crippen molar-refractivity contribution in [3.05, 3.63) is 12.4 Å². The first-order chi connectivity index (χ1) is 8.52. The summed E-state index contributed by atoms with van der Waals surface area (Å²) < 4.78 is 60.8. The summed E-state index contributed by atoms with van der Waals surface area (Å²) in [6, 6.07) is 0. The standard InChI is InChI=1S/C8H10F3N3O4S/c1-13(5-8(9,10)11)19(17,18)6-2-12-14(3-6)4-7(15)16/h2-3H,4-5H2,1H3,(H,15,16). The lowest BCUT2D eigenvalue weighted by Gasteiger charge is -2.17. The van der Waals surface area contributed by atoms with Crippen molar-refractivity contribution in [2.45, 2.75) is 17.6 Å². The van der Waals surface area contributed by atoms with Crippen molar-refractivity contribution in [3.8, 4) is 0 Å². The van der Waals surface area contributed by atoms with Gasteiger partial charge in [0, 0.05) is 13.2 Å². The highest BCUT2D eigenvalue weighted by Gasteiger charge is 2.35. The molecular formula is C8H10F3N3O4S. The molecule has 108 valence electrons. The van der Waals surface area contributed by atoms with Gasteiger partial charge < -0.3 is 5.11 Å². The lowest BCUT2D eigenvalue weighted by Crippen LogP contribution is -2.35. The van der Waals surface area contributed by atoms with E-state index in [0.717, 1.165) is 24.1 Å². The number of aromatic nitrogens is 2. The van der Waals surface area contributed by atoms with Gasteiger partial charge in [-0.2, -0.15) is 22.6 Å². The van der Waals surface area contributed by atoms with E-state index < -0.39 is 40.2 Å². The van der Waals surface area contributed by atoms with Crippen molar-refractivity contribution < 1.29 is 31.5 Å². The zero-order valence-corrected chi connectivity index (χ0v) is 10.4. The maximum Gasteiger partial charge on any atom is 0.402 e. The Morgan fingerprint density at radius 3 is 2.58 bits per heavy atom. The smallest absolute Gasteiger partial charge is 0.402 e. The van der Waals surface area contributed by atoms with Crippen LogP contribution >= 0.6 is 0 Å². The molecule has 0 radical (unpaired) electrons. The molecule has 0 saturated carbocycles. The van der Waals surface area contributed by atoms with Crippen LogP contribution in [0, 0.1) is 0 Å². The molecule has 0 aliphatic rings. The highest BCUT2D eigenvalue weighted by Crippen LogP contribution is 2.20. The van der Waals surface area contributed by atoms with Crippen LogP contribution in [-0.2, 0) is 21.4 Å². The third-order valence-electron chi connectivity index (χ3n) is 2.02. The first-order valence-corrected chi connectivity index (χ1v) is 6.24.